The highest BCUT2D eigenvalue weighted by Crippen LogP contribution is 2.35. The molecule has 0 amide bonds. The second kappa shape index (κ2) is 9.55. The van der Waals surface area contributed by atoms with E-state index in [0.717, 1.165) is 45.3 Å². The summed E-state index contributed by atoms with van der Waals surface area (Å²) in [5.74, 6) is -0.833. The van der Waals surface area contributed by atoms with Gasteiger partial charge in [0.2, 0.25) is 0 Å². The fraction of sp³-hybridized carbons (Fsp3) is 0.435. The molecule has 4 nitrogen and oxygen atoms in total. The van der Waals surface area contributed by atoms with Gasteiger partial charge in [-0.3, -0.25) is 4.79 Å². The number of halogens is 1. The fourth-order valence-electron chi connectivity index (χ4n) is 4.35. The summed E-state index contributed by atoms with van der Waals surface area (Å²) in [5.41, 5.74) is 5.32. The van der Waals surface area contributed by atoms with Crippen molar-refractivity contribution in [2.45, 2.75) is 31.8 Å². The lowest BCUT2D eigenvalue weighted by atomic mass is 9.97. The Kier molecular flexibility index (Phi) is 7.11. The standard InChI is InChI=1S/C23H27NO3.ClH/c25-23(26)19-11-13-24(14-12-19)15-16-27-22-20-7-3-1-5-17(20)9-10-18-6-2-4-8-21(18)22;/h1-8,19,22H,9-16H2,(H,25,26);1H. The van der Waals surface area contributed by atoms with Crippen LogP contribution in [0.4, 0.5) is 0 Å². The van der Waals surface area contributed by atoms with Crippen molar-refractivity contribution in [1.82, 2.24) is 4.90 Å². The van der Waals surface area contributed by atoms with E-state index < -0.39 is 5.97 Å². The molecule has 0 radical (unpaired) electrons. The highest BCUT2D eigenvalue weighted by Gasteiger charge is 2.26. The molecule has 0 saturated carbocycles. The third kappa shape index (κ3) is 4.57. The highest BCUT2D eigenvalue weighted by molar-refractivity contribution is 5.85. The molecule has 0 aromatic heterocycles. The van der Waals surface area contributed by atoms with Gasteiger partial charge in [0.1, 0.15) is 6.10 Å². The molecule has 1 saturated heterocycles. The van der Waals surface area contributed by atoms with Crippen LogP contribution in [-0.4, -0.2) is 42.2 Å². The van der Waals surface area contributed by atoms with E-state index in [0.29, 0.717) is 6.61 Å². The van der Waals surface area contributed by atoms with E-state index >= 15 is 0 Å². The van der Waals surface area contributed by atoms with Crippen molar-refractivity contribution in [2.24, 2.45) is 5.92 Å². The third-order valence-corrected chi connectivity index (χ3v) is 5.97. The summed E-state index contributed by atoms with van der Waals surface area (Å²) in [6, 6.07) is 17.2. The molecule has 1 heterocycles. The predicted octanol–water partition coefficient (Wildman–Crippen LogP) is 4.11. The maximum atomic E-state index is 11.1. The average molecular weight is 402 g/mol. The number of carboxylic acids is 1. The number of rotatable bonds is 5. The predicted molar refractivity (Wildman–Crippen MR) is 112 cm³/mol. The van der Waals surface area contributed by atoms with Crippen LogP contribution in [0.2, 0.25) is 0 Å². The second-order valence-corrected chi connectivity index (χ2v) is 7.60. The van der Waals surface area contributed by atoms with E-state index in [-0.39, 0.29) is 24.4 Å². The molecule has 2 aromatic carbocycles. The molecule has 2 aliphatic rings. The summed E-state index contributed by atoms with van der Waals surface area (Å²) in [7, 11) is 0. The van der Waals surface area contributed by atoms with E-state index in [4.69, 9.17) is 9.84 Å². The Morgan fingerprint density at radius 2 is 1.50 bits per heavy atom. The molecule has 0 spiro atoms. The zero-order valence-electron chi connectivity index (χ0n) is 16.0. The van der Waals surface area contributed by atoms with E-state index in [9.17, 15) is 4.79 Å². The molecule has 150 valence electrons. The number of hydrogen-bond donors (Lipinski definition) is 1. The van der Waals surface area contributed by atoms with Gasteiger partial charge < -0.3 is 14.7 Å². The number of aliphatic carboxylic acids is 1. The Morgan fingerprint density at radius 3 is 2.04 bits per heavy atom. The van der Waals surface area contributed by atoms with E-state index in [1.54, 1.807) is 0 Å². The average Bonchev–Trinajstić information content (AvgIpc) is 2.86. The molecular weight excluding hydrogens is 374 g/mol. The van der Waals surface area contributed by atoms with Gasteiger partial charge in [0.25, 0.3) is 0 Å². The Morgan fingerprint density at radius 1 is 0.964 bits per heavy atom. The molecule has 0 unspecified atom stereocenters. The summed E-state index contributed by atoms with van der Waals surface area (Å²) in [6.07, 6.45) is 3.57. The monoisotopic (exact) mass is 401 g/mol. The molecule has 1 aliphatic carbocycles. The van der Waals surface area contributed by atoms with Crippen LogP contribution in [0.1, 0.15) is 41.2 Å². The second-order valence-electron chi connectivity index (χ2n) is 7.60. The first kappa shape index (κ1) is 20.8. The first-order chi connectivity index (χ1) is 13.2. The van der Waals surface area contributed by atoms with Gasteiger partial charge in [0.05, 0.1) is 12.5 Å². The summed E-state index contributed by atoms with van der Waals surface area (Å²) in [5, 5.41) is 9.14. The Labute approximate surface area is 172 Å². The number of carboxylic acid groups (broad SMARTS) is 1. The fourth-order valence-corrected chi connectivity index (χ4v) is 4.35. The number of aryl methyl sites for hydroxylation is 2. The Bertz CT molecular complexity index is 754. The molecular formula is C23H28ClNO3. The van der Waals surface area contributed by atoms with Gasteiger partial charge in [-0.25, -0.2) is 0 Å². The number of hydrogen-bond acceptors (Lipinski definition) is 3. The van der Waals surface area contributed by atoms with Crippen LogP contribution in [0.15, 0.2) is 48.5 Å². The van der Waals surface area contributed by atoms with Crippen LogP contribution in [-0.2, 0) is 22.4 Å². The minimum Gasteiger partial charge on any atom is -0.481 e. The van der Waals surface area contributed by atoms with Gasteiger partial charge in [-0.2, -0.15) is 0 Å². The number of carbonyl (C=O) groups is 1. The summed E-state index contributed by atoms with van der Waals surface area (Å²) >= 11 is 0. The summed E-state index contributed by atoms with van der Waals surface area (Å²) in [4.78, 5) is 13.4. The van der Waals surface area contributed by atoms with Crippen molar-refractivity contribution in [1.29, 1.82) is 0 Å². The SMILES string of the molecule is Cl.O=C(O)C1CCN(CCOC2c3ccccc3CCc3ccccc32)CC1. The smallest absolute Gasteiger partial charge is 0.306 e. The van der Waals surface area contributed by atoms with E-state index in [1.165, 1.54) is 22.3 Å². The lowest BCUT2D eigenvalue weighted by molar-refractivity contribution is -0.143. The zero-order valence-corrected chi connectivity index (χ0v) is 16.9. The van der Waals surface area contributed by atoms with Crippen LogP contribution >= 0.6 is 12.4 Å². The molecule has 0 bridgehead atoms. The normalized spacial score (nSPS) is 17.9. The number of likely N-dealkylation sites (tertiary alicyclic amines) is 1. The van der Waals surface area contributed by atoms with Crippen molar-refractivity contribution in [3.63, 3.8) is 0 Å². The molecule has 28 heavy (non-hydrogen) atoms. The molecule has 4 rings (SSSR count). The van der Waals surface area contributed by atoms with Gasteiger partial charge in [0, 0.05) is 6.54 Å². The lowest BCUT2D eigenvalue weighted by Gasteiger charge is -2.30. The zero-order chi connectivity index (χ0) is 18.6. The van der Waals surface area contributed by atoms with E-state index in [2.05, 4.69) is 53.4 Å². The topological polar surface area (TPSA) is 49.8 Å². The van der Waals surface area contributed by atoms with Gasteiger partial charge >= 0.3 is 5.97 Å². The third-order valence-electron chi connectivity index (χ3n) is 5.97. The minimum absolute atomic E-state index is 0. The van der Waals surface area contributed by atoms with Crippen LogP contribution in [0, 0.1) is 5.92 Å². The molecule has 1 N–H and O–H groups in total. The van der Waals surface area contributed by atoms with Gasteiger partial charge in [0.15, 0.2) is 0 Å². The summed E-state index contributed by atoms with van der Waals surface area (Å²) in [6.45, 7) is 3.20. The van der Waals surface area contributed by atoms with Crippen molar-refractivity contribution in [3.05, 3.63) is 70.8 Å². The maximum absolute atomic E-state index is 11.1. The van der Waals surface area contributed by atoms with Crippen LogP contribution in [0.5, 0.6) is 0 Å². The lowest BCUT2D eigenvalue weighted by Crippen LogP contribution is -2.38. The van der Waals surface area contributed by atoms with Crippen LogP contribution < -0.4 is 0 Å². The van der Waals surface area contributed by atoms with Crippen molar-refractivity contribution < 1.29 is 14.6 Å². The van der Waals surface area contributed by atoms with Gasteiger partial charge in [-0.1, -0.05) is 48.5 Å². The highest BCUT2D eigenvalue weighted by atomic mass is 35.5. The van der Waals surface area contributed by atoms with E-state index in [1.807, 2.05) is 0 Å². The molecule has 1 aliphatic heterocycles. The largest absolute Gasteiger partial charge is 0.481 e. The summed E-state index contributed by atoms with van der Waals surface area (Å²) < 4.78 is 6.43. The number of nitrogens with zero attached hydrogens (tertiary/aromatic N) is 1. The van der Waals surface area contributed by atoms with Crippen molar-refractivity contribution in [2.75, 3.05) is 26.2 Å². The van der Waals surface area contributed by atoms with Crippen molar-refractivity contribution in [3.8, 4) is 0 Å². The van der Waals surface area contributed by atoms with Crippen molar-refractivity contribution >= 4 is 18.4 Å². The Hall–Kier alpha value is -1.88. The molecule has 5 heteroatoms. The minimum atomic E-state index is -0.655. The number of benzene rings is 2. The first-order valence-corrected chi connectivity index (χ1v) is 9.95. The maximum Gasteiger partial charge on any atom is 0.306 e. The van der Waals surface area contributed by atoms with Gasteiger partial charge in [-0.05, 0) is 61.0 Å². The first-order valence-electron chi connectivity index (χ1n) is 9.95. The number of piperidine rings is 1. The molecule has 2 aromatic rings. The quantitative estimate of drug-likeness (QED) is 0.819. The number of fused-ring (bicyclic) bond motifs is 2. The Balaban J connectivity index is 0.00000225. The molecule has 1 fully saturated rings. The van der Waals surface area contributed by atoms with Crippen LogP contribution in [0.25, 0.3) is 0 Å². The van der Waals surface area contributed by atoms with Crippen LogP contribution in [0.3, 0.4) is 0 Å². The number of ether oxygens (including phenoxy) is 1. The van der Waals surface area contributed by atoms with Gasteiger partial charge in [-0.15, -0.1) is 12.4 Å². The molecule has 0 atom stereocenters.